The number of pyridine rings is 1. The van der Waals surface area contributed by atoms with Gasteiger partial charge in [0.05, 0.1) is 17.8 Å². The highest BCUT2D eigenvalue weighted by Gasteiger charge is 2.20. The standard InChI is InChI=1S/C19H25N3O3/c1-4-10-22(19(24)17-12-14(2)25-15(17)3)11-8-18(23)21-13-16-7-5-6-9-20-16/h5-7,9,12H,4,8,10-11,13H2,1-3H3,(H,21,23). The van der Waals surface area contributed by atoms with Gasteiger partial charge in [0.2, 0.25) is 5.91 Å². The van der Waals surface area contributed by atoms with E-state index in [0.29, 0.717) is 36.7 Å². The van der Waals surface area contributed by atoms with Gasteiger partial charge >= 0.3 is 0 Å². The van der Waals surface area contributed by atoms with Gasteiger partial charge in [-0.15, -0.1) is 0 Å². The fourth-order valence-corrected chi connectivity index (χ4v) is 2.62. The van der Waals surface area contributed by atoms with E-state index in [0.717, 1.165) is 12.1 Å². The Balaban J connectivity index is 1.89. The van der Waals surface area contributed by atoms with E-state index in [1.54, 1.807) is 24.1 Å². The summed E-state index contributed by atoms with van der Waals surface area (Å²) in [5.41, 5.74) is 1.38. The van der Waals surface area contributed by atoms with Crippen molar-refractivity contribution in [3.63, 3.8) is 0 Å². The molecule has 0 unspecified atom stereocenters. The van der Waals surface area contributed by atoms with Gasteiger partial charge in [-0.1, -0.05) is 13.0 Å². The van der Waals surface area contributed by atoms with E-state index in [1.807, 2.05) is 32.0 Å². The minimum absolute atomic E-state index is 0.0891. The lowest BCUT2D eigenvalue weighted by Crippen LogP contribution is -2.36. The van der Waals surface area contributed by atoms with Crippen LogP contribution < -0.4 is 5.32 Å². The number of nitrogens with one attached hydrogen (secondary N) is 1. The molecule has 2 rings (SSSR count). The first kappa shape index (κ1) is 18.7. The number of amides is 2. The largest absolute Gasteiger partial charge is 0.466 e. The molecule has 2 heterocycles. The van der Waals surface area contributed by atoms with E-state index >= 15 is 0 Å². The van der Waals surface area contributed by atoms with Gasteiger partial charge in [0, 0.05) is 25.7 Å². The minimum Gasteiger partial charge on any atom is -0.466 e. The second-order valence-electron chi connectivity index (χ2n) is 5.97. The van der Waals surface area contributed by atoms with Crippen LogP contribution in [0.3, 0.4) is 0 Å². The lowest BCUT2D eigenvalue weighted by atomic mass is 10.2. The molecule has 0 aliphatic heterocycles. The molecule has 0 atom stereocenters. The van der Waals surface area contributed by atoms with Crippen molar-refractivity contribution in [3.8, 4) is 0 Å². The number of hydrogen-bond acceptors (Lipinski definition) is 4. The van der Waals surface area contributed by atoms with Crippen LogP contribution in [0.4, 0.5) is 0 Å². The molecule has 134 valence electrons. The minimum atomic E-state index is -0.0975. The number of aromatic nitrogens is 1. The van der Waals surface area contributed by atoms with Gasteiger partial charge in [-0.3, -0.25) is 14.6 Å². The van der Waals surface area contributed by atoms with Crippen molar-refractivity contribution in [2.24, 2.45) is 0 Å². The van der Waals surface area contributed by atoms with Crippen LogP contribution in [0, 0.1) is 13.8 Å². The van der Waals surface area contributed by atoms with Crippen LogP contribution in [0.15, 0.2) is 34.9 Å². The fourth-order valence-electron chi connectivity index (χ4n) is 2.62. The average Bonchev–Trinajstić information content (AvgIpc) is 2.95. The number of carbonyl (C=O) groups is 2. The molecule has 0 bridgehead atoms. The zero-order valence-corrected chi connectivity index (χ0v) is 15.0. The molecule has 0 aliphatic rings. The smallest absolute Gasteiger partial charge is 0.257 e. The van der Waals surface area contributed by atoms with Gasteiger partial charge in [0.1, 0.15) is 11.5 Å². The summed E-state index contributed by atoms with van der Waals surface area (Å²) >= 11 is 0. The molecule has 0 radical (unpaired) electrons. The zero-order valence-electron chi connectivity index (χ0n) is 15.0. The Hall–Kier alpha value is -2.63. The normalized spacial score (nSPS) is 10.5. The van der Waals surface area contributed by atoms with Crippen molar-refractivity contribution in [2.45, 2.75) is 40.2 Å². The van der Waals surface area contributed by atoms with E-state index in [9.17, 15) is 9.59 Å². The molecule has 0 saturated heterocycles. The Bertz CT molecular complexity index is 710. The summed E-state index contributed by atoms with van der Waals surface area (Å²) in [5.74, 6) is 1.14. The zero-order chi connectivity index (χ0) is 18.2. The lowest BCUT2D eigenvalue weighted by molar-refractivity contribution is -0.121. The predicted molar refractivity (Wildman–Crippen MR) is 95.1 cm³/mol. The third kappa shape index (κ3) is 5.45. The molecular formula is C19H25N3O3. The van der Waals surface area contributed by atoms with Gasteiger partial charge in [-0.05, 0) is 38.5 Å². The maximum Gasteiger partial charge on any atom is 0.257 e. The summed E-state index contributed by atoms with van der Waals surface area (Å²) < 4.78 is 5.44. The first-order chi connectivity index (χ1) is 12.0. The molecule has 6 heteroatoms. The number of furan rings is 1. The number of carbonyl (C=O) groups excluding carboxylic acids is 2. The van der Waals surface area contributed by atoms with E-state index < -0.39 is 0 Å². The molecule has 1 N–H and O–H groups in total. The van der Waals surface area contributed by atoms with Gasteiger partial charge < -0.3 is 14.6 Å². The Morgan fingerprint density at radius 2 is 2.04 bits per heavy atom. The Morgan fingerprint density at radius 3 is 2.64 bits per heavy atom. The highest BCUT2D eigenvalue weighted by molar-refractivity contribution is 5.95. The molecule has 0 aromatic carbocycles. The number of hydrogen-bond donors (Lipinski definition) is 1. The maximum absolute atomic E-state index is 12.7. The SMILES string of the molecule is CCCN(CCC(=O)NCc1ccccn1)C(=O)c1cc(C)oc1C. The van der Waals surface area contributed by atoms with Crippen LogP contribution >= 0.6 is 0 Å². The van der Waals surface area contributed by atoms with Gasteiger partial charge in [0.25, 0.3) is 5.91 Å². The van der Waals surface area contributed by atoms with Crippen LogP contribution in [0.1, 0.15) is 47.3 Å². The average molecular weight is 343 g/mol. The topological polar surface area (TPSA) is 75.4 Å². The van der Waals surface area contributed by atoms with Crippen LogP contribution in [-0.4, -0.2) is 34.8 Å². The van der Waals surface area contributed by atoms with E-state index in [1.165, 1.54) is 0 Å². The monoisotopic (exact) mass is 343 g/mol. The number of rotatable bonds is 8. The third-order valence-electron chi connectivity index (χ3n) is 3.85. The molecule has 0 saturated carbocycles. The van der Waals surface area contributed by atoms with Gasteiger partial charge in [0.15, 0.2) is 0 Å². The summed E-state index contributed by atoms with van der Waals surface area (Å²) in [7, 11) is 0. The van der Waals surface area contributed by atoms with Crippen molar-refractivity contribution in [1.82, 2.24) is 15.2 Å². The summed E-state index contributed by atoms with van der Waals surface area (Å²) in [6.45, 7) is 6.99. The van der Waals surface area contributed by atoms with Crippen molar-refractivity contribution < 1.29 is 14.0 Å². The molecule has 0 fully saturated rings. The summed E-state index contributed by atoms with van der Waals surface area (Å²) in [6.07, 6.45) is 2.78. The first-order valence-corrected chi connectivity index (χ1v) is 8.54. The van der Waals surface area contributed by atoms with Crippen molar-refractivity contribution in [1.29, 1.82) is 0 Å². The molecule has 2 amide bonds. The second-order valence-corrected chi connectivity index (χ2v) is 5.97. The van der Waals surface area contributed by atoms with Crippen LogP contribution in [-0.2, 0) is 11.3 Å². The van der Waals surface area contributed by atoms with Crippen LogP contribution in [0.25, 0.3) is 0 Å². The van der Waals surface area contributed by atoms with E-state index in [-0.39, 0.29) is 18.2 Å². The molecular weight excluding hydrogens is 318 g/mol. The van der Waals surface area contributed by atoms with Gasteiger partial charge in [-0.25, -0.2) is 0 Å². The molecule has 2 aromatic rings. The van der Waals surface area contributed by atoms with Crippen LogP contribution in [0.5, 0.6) is 0 Å². The lowest BCUT2D eigenvalue weighted by Gasteiger charge is -2.21. The Morgan fingerprint density at radius 1 is 1.24 bits per heavy atom. The highest BCUT2D eigenvalue weighted by Crippen LogP contribution is 2.16. The van der Waals surface area contributed by atoms with E-state index in [2.05, 4.69) is 10.3 Å². The predicted octanol–water partition coefficient (Wildman–Crippen LogP) is 2.85. The molecule has 0 aliphatic carbocycles. The van der Waals surface area contributed by atoms with Gasteiger partial charge in [-0.2, -0.15) is 0 Å². The van der Waals surface area contributed by atoms with Crippen LogP contribution in [0.2, 0.25) is 0 Å². The maximum atomic E-state index is 12.7. The number of nitrogens with zero attached hydrogens (tertiary/aromatic N) is 2. The third-order valence-corrected chi connectivity index (χ3v) is 3.85. The Labute approximate surface area is 148 Å². The van der Waals surface area contributed by atoms with Crippen molar-refractivity contribution >= 4 is 11.8 Å². The Kier molecular flexibility index (Phi) is 6.74. The van der Waals surface area contributed by atoms with Crippen molar-refractivity contribution in [3.05, 3.63) is 53.2 Å². The summed E-state index contributed by atoms with van der Waals surface area (Å²) in [4.78, 5) is 30.6. The molecule has 0 spiro atoms. The highest BCUT2D eigenvalue weighted by atomic mass is 16.3. The molecule has 2 aromatic heterocycles. The quantitative estimate of drug-likeness (QED) is 0.800. The fraction of sp³-hybridized carbons (Fsp3) is 0.421. The summed E-state index contributed by atoms with van der Waals surface area (Å²) in [5, 5.41) is 2.83. The van der Waals surface area contributed by atoms with E-state index in [4.69, 9.17) is 4.42 Å². The summed E-state index contributed by atoms with van der Waals surface area (Å²) in [6, 6.07) is 7.32. The molecule has 25 heavy (non-hydrogen) atoms. The first-order valence-electron chi connectivity index (χ1n) is 8.54. The van der Waals surface area contributed by atoms with Crippen molar-refractivity contribution in [2.75, 3.05) is 13.1 Å². The number of aryl methyl sites for hydroxylation is 2. The molecule has 6 nitrogen and oxygen atoms in total. The second kappa shape index (κ2) is 9.01.